The lowest BCUT2D eigenvalue weighted by molar-refractivity contribution is -0.113. The molecule has 3 aromatic carbocycles. The summed E-state index contributed by atoms with van der Waals surface area (Å²) in [6, 6.07) is 12.5. The third kappa shape index (κ3) is 6.63. The van der Waals surface area contributed by atoms with Gasteiger partial charge in [0.05, 0.1) is 37.0 Å². The van der Waals surface area contributed by atoms with Crippen LogP contribution in [0.2, 0.25) is 20.1 Å². The zero-order valence-electron chi connectivity index (χ0n) is 18.3. The minimum atomic E-state index is -1.49. The Bertz CT molecular complexity index is 1330. The Hall–Kier alpha value is -2.42. The van der Waals surface area contributed by atoms with E-state index in [0.29, 0.717) is 10.6 Å². The fourth-order valence-corrected chi connectivity index (χ4v) is 5.07. The number of hydrogen-bond donors (Lipinski definition) is 3. The fourth-order valence-electron chi connectivity index (χ4n) is 3.30. The first kappa shape index (κ1) is 27.2. The Morgan fingerprint density at radius 2 is 1.40 bits per heavy atom. The molecule has 0 atom stereocenters. The molecule has 0 heterocycles. The summed E-state index contributed by atoms with van der Waals surface area (Å²) >= 11 is 25.4. The molecule has 35 heavy (non-hydrogen) atoms. The molecule has 11 heteroatoms. The van der Waals surface area contributed by atoms with Crippen molar-refractivity contribution >= 4 is 87.3 Å². The number of benzene rings is 3. The summed E-state index contributed by atoms with van der Waals surface area (Å²) < 4.78 is 0. The van der Waals surface area contributed by atoms with Crippen LogP contribution in [0, 0.1) is 13.8 Å². The summed E-state index contributed by atoms with van der Waals surface area (Å²) in [5, 5.41) is 13.8. The SMILES string of the molecule is Cc1cc(C)cc(NC(=O)CSc2cccc(NC(=O)c3c(Cl)c(Cl)c(Cl)c(Cl)c3C(=O)O)c2)c1. The number of carboxylic acid groups (broad SMARTS) is 1. The minimum absolute atomic E-state index is 0.141. The van der Waals surface area contributed by atoms with Crippen molar-refractivity contribution in [1.82, 2.24) is 0 Å². The first-order chi connectivity index (χ1) is 16.5. The third-order valence-corrected chi connectivity index (χ3v) is 7.47. The van der Waals surface area contributed by atoms with E-state index in [-0.39, 0.29) is 26.7 Å². The average molecular weight is 572 g/mol. The van der Waals surface area contributed by atoms with E-state index in [0.717, 1.165) is 16.8 Å². The monoisotopic (exact) mass is 570 g/mol. The Morgan fingerprint density at radius 3 is 2.00 bits per heavy atom. The van der Waals surface area contributed by atoms with Crippen LogP contribution in [0.25, 0.3) is 0 Å². The van der Waals surface area contributed by atoms with Gasteiger partial charge >= 0.3 is 5.97 Å². The smallest absolute Gasteiger partial charge is 0.338 e. The standard InChI is InChI=1S/C24H18Cl4N2O4S/c1-11-6-12(2)8-14(7-11)29-16(31)10-35-15-5-3-4-13(9-15)30-23(32)17-18(24(33)34)20(26)22(28)21(27)19(17)25/h3-9H,10H2,1-2H3,(H,29,31)(H,30,32)(H,33,34). The van der Waals surface area contributed by atoms with E-state index >= 15 is 0 Å². The van der Waals surface area contributed by atoms with Crippen molar-refractivity contribution in [1.29, 1.82) is 0 Å². The van der Waals surface area contributed by atoms with Gasteiger partial charge in [-0.2, -0.15) is 0 Å². The molecular weight excluding hydrogens is 554 g/mol. The van der Waals surface area contributed by atoms with E-state index in [9.17, 15) is 19.5 Å². The highest BCUT2D eigenvalue weighted by atomic mass is 35.5. The van der Waals surface area contributed by atoms with Gasteiger partial charge in [-0.15, -0.1) is 11.8 Å². The number of amides is 2. The van der Waals surface area contributed by atoms with Gasteiger partial charge in [-0.05, 0) is 55.3 Å². The van der Waals surface area contributed by atoms with Gasteiger partial charge in [-0.3, -0.25) is 9.59 Å². The van der Waals surface area contributed by atoms with Crippen molar-refractivity contribution in [2.45, 2.75) is 18.7 Å². The summed E-state index contributed by atoms with van der Waals surface area (Å²) in [7, 11) is 0. The molecule has 0 aliphatic rings. The Morgan fingerprint density at radius 1 is 0.800 bits per heavy atom. The van der Waals surface area contributed by atoms with Gasteiger partial charge in [0.15, 0.2) is 0 Å². The van der Waals surface area contributed by atoms with E-state index in [1.54, 1.807) is 24.3 Å². The van der Waals surface area contributed by atoms with Crippen LogP contribution < -0.4 is 10.6 Å². The molecule has 0 fully saturated rings. The normalized spacial score (nSPS) is 10.7. The van der Waals surface area contributed by atoms with Crippen LogP contribution in [0.15, 0.2) is 47.4 Å². The number of aromatic carboxylic acids is 1. The minimum Gasteiger partial charge on any atom is -0.478 e. The van der Waals surface area contributed by atoms with Crippen molar-refractivity contribution in [3.63, 3.8) is 0 Å². The summed E-state index contributed by atoms with van der Waals surface area (Å²) in [5.41, 5.74) is 2.20. The molecule has 2 amide bonds. The van der Waals surface area contributed by atoms with Crippen LogP contribution in [-0.2, 0) is 4.79 Å². The number of carbonyl (C=O) groups is 3. The summed E-state index contributed by atoms with van der Waals surface area (Å²) in [5.74, 6) is -2.36. The van der Waals surface area contributed by atoms with Crippen LogP contribution in [0.4, 0.5) is 11.4 Å². The summed E-state index contributed by atoms with van der Waals surface area (Å²) in [4.78, 5) is 37.7. The van der Waals surface area contributed by atoms with Crippen molar-refractivity contribution in [3.05, 3.63) is 84.8 Å². The molecule has 0 aliphatic carbocycles. The van der Waals surface area contributed by atoms with E-state index in [4.69, 9.17) is 46.4 Å². The topological polar surface area (TPSA) is 95.5 Å². The predicted molar refractivity (Wildman–Crippen MR) is 143 cm³/mol. The van der Waals surface area contributed by atoms with Gasteiger partial charge in [-0.25, -0.2) is 4.79 Å². The number of halogens is 4. The van der Waals surface area contributed by atoms with Crippen LogP contribution in [-0.4, -0.2) is 28.6 Å². The van der Waals surface area contributed by atoms with Crippen molar-refractivity contribution < 1.29 is 19.5 Å². The van der Waals surface area contributed by atoms with Crippen molar-refractivity contribution in [2.75, 3.05) is 16.4 Å². The largest absolute Gasteiger partial charge is 0.478 e. The molecule has 6 nitrogen and oxygen atoms in total. The van der Waals surface area contributed by atoms with Gasteiger partial charge in [-0.1, -0.05) is 58.5 Å². The van der Waals surface area contributed by atoms with E-state index in [1.807, 2.05) is 32.0 Å². The number of aryl methyl sites for hydroxylation is 2. The molecule has 0 unspecified atom stereocenters. The van der Waals surface area contributed by atoms with Gasteiger partial charge in [0.1, 0.15) is 0 Å². The lowest BCUT2D eigenvalue weighted by Crippen LogP contribution is -2.18. The highest BCUT2D eigenvalue weighted by Crippen LogP contribution is 2.41. The Balaban J connectivity index is 1.74. The molecule has 0 saturated heterocycles. The van der Waals surface area contributed by atoms with Crippen LogP contribution >= 0.6 is 58.2 Å². The maximum Gasteiger partial charge on any atom is 0.338 e. The van der Waals surface area contributed by atoms with Crippen LogP contribution in [0.5, 0.6) is 0 Å². The number of anilines is 2. The third-order valence-electron chi connectivity index (χ3n) is 4.68. The fraction of sp³-hybridized carbons (Fsp3) is 0.125. The lowest BCUT2D eigenvalue weighted by atomic mass is 10.1. The summed E-state index contributed by atoms with van der Waals surface area (Å²) in [6.07, 6.45) is 0. The van der Waals surface area contributed by atoms with E-state index < -0.39 is 28.0 Å². The molecule has 0 saturated carbocycles. The molecule has 3 N–H and O–H groups in total. The van der Waals surface area contributed by atoms with Gasteiger partial charge in [0.25, 0.3) is 5.91 Å². The second-order valence-corrected chi connectivity index (χ2v) is 10.1. The number of nitrogens with one attached hydrogen (secondary N) is 2. The van der Waals surface area contributed by atoms with Crippen molar-refractivity contribution in [3.8, 4) is 0 Å². The second-order valence-electron chi connectivity index (χ2n) is 7.51. The molecule has 0 spiro atoms. The second kappa shape index (κ2) is 11.5. The van der Waals surface area contributed by atoms with Crippen LogP contribution in [0.1, 0.15) is 31.8 Å². The zero-order valence-corrected chi connectivity index (χ0v) is 22.2. The van der Waals surface area contributed by atoms with Gasteiger partial charge in [0, 0.05) is 16.3 Å². The Kier molecular flexibility index (Phi) is 8.96. The van der Waals surface area contributed by atoms with Gasteiger partial charge < -0.3 is 15.7 Å². The maximum atomic E-state index is 12.9. The molecule has 0 radical (unpaired) electrons. The number of carboxylic acids is 1. The molecular formula is C24H18Cl4N2O4S. The summed E-state index contributed by atoms with van der Waals surface area (Å²) in [6.45, 7) is 3.91. The lowest BCUT2D eigenvalue weighted by Gasteiger charge is -2.14. The predicted octanol–water partition coefficient (Wildman–Crippen LogP) is 7.60. The molecule has 3 rings (SSSR count). The zero-order chi connectivity index (χ0) is 25.9. The van der Waals surface area contributed by atoms with E-state index in [2.05, 4.69) is 10.6 Å². The average Bonchev–Trinajstić information content (AvgIpc) is 2.77. The number of hydrogen-bond acceptors (Lipinski definition) is 4. The quantitative estimate of drug-likeness (QED) is 0.154. The molecule has 0 aromatic heterocycles. The Labute approximate surface area is 225 Å². The first-order valence-electron chi connectivity index (χ1n) is 9.99. The maximum absolute atomic E-state index is 12.9. The van der Waals surface area contributed by atoms with Gasteiger partial charge in [0.2, 0.25) is 5.91 Å². The molecule has 0 aliphatic heterocycles. The molecule has 182 valence electrons. The first-order valence-corrected chi connectivity index (χ1v) is 12.5. The highest BCUT2D eigenvalue weighted by Gasteiger charge is 2.29. The number of thioether (sulfide) groups is 1. The van der Waals surface area contributed by atoms with E-state index in [1.165, 1.54) is 11.8 Å². The molecule has 3 aromatic rings. The van der Waals surface area contributed by atoms with Crippen LogP contribution in [0.3, 0.4) is 0 Å². The highest BCUT2D eigenvalue weighted by molar-refractivity contribution is 8.00. The number of rotatable bonds is 7. The number of carbonyl (C=O) groups excluding carboxylic acids is 2. The molecule has 0 bridgehead atoms. The van der Waals surface area contributed by atoms with Crippen molar-refractivity contribution in [2.24, 2.45) is 0 Å².